The third-order valence-electron chi connectivity index (χ3n) is 0. The van der Waals surface area contributed by atoms with Crippen LogP contribution in [0.3, 0.4) is 0 Å². The van der Waals surface area contributed by atoms with Crippen molar-refractivity contribution < 1.29 is 31.8 Å². The van der Waals surface area contributed by atoms with Crippen LogP contribution >= 0.6 is 0 Å². The number of carboxylic acids is 1. The molecule has 0 aromatic heterocycles. The Hall–Kier alpha value is 0.180. The van der Waals surface area contributed by atoms with Gasteiger partial charge in [0.15, 0.2) is 0 Å². The SMILES string of the molecule is CC(=O)O.O.O.O.O.[InH3]. The average molecular weight is 250 g/mol. The quantitative estimate of drug-likeness (QED) is 0.459. The van der Waals surface area contributed by atoms with E-state index in [4.69, 9.17) is 9.90 Å². The molecule has 6 nitrogen and oxygen atoms in total. The predicted molar refractivity (Wildman–Crippen MR) is 37.7 cm³/mol. The van der Waals surface area contributed by atoms with E-state index in [2.05, 4.69) is 0 Å². The standard InChI is InChI=1S/C2H4O2.In.4H2O.3H/c1-2(3)4;;;;;;;;/h1H3,(H,3,4);;4*1H2;;;. The zero-order valence-corrected chi connectivity index (χ0v) is 4.36. The fourth-order valence-electron chi connectivity index (χ4n) is 0. The Kier molecular flexibility index (Phi) is 281. The second-order valence-electron chi connectivity index (χ2n) is 0.519. The normalized spacial score (nSPS) is 2.78. The van der Waals surface area contributed by atoms with Crippen LogP contribution in [0.2, 0.25) is 0 Å². The van der Waals surface area contributed by atoms with Gasteiger partial charge in [0.25, 0.3) is 5.97 Å². The van der Waals surface area contributed by atoms with Crippen molar-refractivity contribution in [3.8, 4) is 0 Å². The predicted octanol–water partition coefficient (Wildman–Crippen LogP) is -4.39. The van der Waals surface area contributed by atoms with Gasteiger partial charge in [-0.2, -0.15) is 0 Å². The molecule has 9 N–H and O–H groups in total. The van der Waals surface area contributed by atoms with Crippen molar-refractivity contribution in [1.82, 2.24) is 0 Å². The van der Waals surface area contributed by atoms with Crippen molar-refractivity contribution in [3.63, 3.8) is 0 Å². The topological polar surface area (TPSA) is 163 Å². The van der Waals surface area contributed by atoms with E-state index in [0.29, 0.717) is 0 Å². The molecule has 7 heteroatoms. The molecule has 0 radical (unpaired) electrons. The number of carboxylic acid groups (broad SMARTS) is 1. The minimum absolute atomic E-state index is 0. The molecule has 0 bridgehead atoms. The van der Waals surface area contributed by atoms with Crippen molar-refractivity contribution >= 4 is 31.8 Å². The van der Waals surface area contributed by atoms with Gasteiger partial charge >= 0.3 is 25.8 Å². The Morgan fingerprint density at radius 2 is 1.11 bits per heavy atom. The van der Waals surface area contributed by atoms with Crippen molar-refractivity contribution in [2.45, 2.75) is 6.92 Å². The second kappa shape index (κ2) is 41.7. The Morgan fingerprint density at radius 1 is 1.11 bits per heavy atom. The van der Waals surface area contributed by atoms with E-state index >= 15 is 0 Å². The van der Waals surface area contributed by atoms with Gasteiger partial charge in [0.05, 0.1) is 0 Å². The van der Waals surface area contributed by atoms with Crippen molar-refractivity contribution in [2.24, 2.45) is 0 Å². The van der Waals surface area contributed by atoms with Crippen LogP contribution in [0.5, 0.6) is 0 Å². The summed E-state index contributed by atoms with van der Waals surface area (Å²) in [6, 6.07) is 0. The van der Waals surface area contributed by atoms with E-state index in [0.717, 1.165) is 6.92 Å². The van der Waals surface area contributed by atoms with Gasteiger partial charge in [0.2, 0.25) is 0 Å². The van der Waals surface area contributed by atoms with Crippen molar-refractivity contribution in [3.05, 3.63) is 0 Å². The molecule has 0 heterocycles. The fourth-order valence-corrected chi connectivity index (χ4v) is 0. The van der Waals surface area contributed by atoms with Gasteiger partial charge in [-0.25, -0.2) is 0 Å². The number of hydrogen-bond donors (Lipinski definition) is 1. The maximum atomic E-state index is 9.00. The number of carbonyl (C=O) groups is 1. The van der Waals surface area contributed by atoms with Crippen LogP contribution in [0, 0.1) is 0 Å². The molecule has 0 atom stereocenters. The zero-order valence-electron chi connectivity index (χ0n) is 4.36. The molecule has 0 saturated carbocycles. The van der Waals surface area contributed by atoms with Gasteiger partial charge in [0, 0.05) is 6.92 Å². The van der Waals surface area contributed by atoms with Gasteiger partial charge in [0.1, 0.15) is 0 Å². The van der Waals surface area contributed by atoms with Crippen molar-refractivity contribution in [2.75, 3.05) is 0 Å². The van der Waals surface area contributed by atoms with Crippen LogP contribution in [-0.2, 0) is 4.79 Å². The van der Waals surface area contributed by atoms with Crippen LogP contribution in [0.1, 0.15) is 6.92 Å². The Bertz CT molecular complexity index is 34.0. The fraction of sp³-hybridized carbons (Fsp3) is 0.500. The number of aliphatic carboxylic acids is 1. The summed E-state index contributed by atoms with van der Waals surface area (Å²) in [4.78, 5) is 9.00. The van der Waals surface area contributed by atoms with Crippen LogP contribution in [-0.4, -0.2) is 58.8 Å². The molecule has 0 aliphatic carbocycles. The Labute approximate surface area is 70.9 Å². The molecule has 0 rings (SSSR count). The molecule has 0 fully saturated rings. The van der Waals surface area contributed by atoms with Crippen LogP contribution < -0.4 is 0 Å². The number of hydrogen-bond acceptors (Lipinski definition) is 1. The summed E-state index contributed by atoms with van der Waals surface area (Å²) in [6.45, 7) is 1.08. The summed E-state index contributed by atoms with van der Waals surface area (Å²) < 4.78 is 0. The van der Waals surface area contributed by atoms with Crippen LogP contribution in [0.4, 0.5) is 0 Å². The first kappa shape index (κ1) is 60.7. The first-order chi connectivity index (χ1) is 1.73. The van der Waals surface area contributed by atoms with Gasteiger partial charge < -0.3 is 27.0 Å². The molecule has 0 aliphatic heterocycles. The molecule has 0 aromatic rings. The average Bonchev–Trinajstić information content (AvgIpc) is 0.811. The Morgan fingerprint density at radius 3 is 1.11 bits per heavy atom. The minimum atomic E-state index is -0.833. The molecule has 0 aromatic carbocycles. The summed E-state index contributed by atoms with van der Waals surface area (Å²) in [5.41, 5.74) is 0. The maximum absolute atomic E-state index is 9.00. The summed E-state index contributed by atoms with van der Waals surface area (Å²) in [5.74, 6) is -0.833. The van der Waals surface area contributed by atoms with Gasteiger partial charge in [-0.15, -0.1) is 0 Å². The molecule has 0 saturated heterocycles. The molecule has 0 aliphatic rings. The van der Waals surface area contributed by atoms with E-state index in [1.54, 1.807) is 0 Å². The van der Waals surface area contributed by atoms with E-state index in [-0.39, 0.29) is 47.7 Å². The molecule has 0 spiro atoms. The third kappa shape index (κ3) is 9630. The van der Waals surface area contributed by atoms with E-state index < -0.39 is 5.97 Å². The molecule has 9 heavy (non-hydrogen) atoms. The molecule has 0 unspecified atom stereocenters. The zero-order chi connectivity index (χ0) is 3.58. The Balaban J connectivity index is -0.00000000450. The van der Waals surface area contributed by atoms with Gasteiger partial charge in [-0.05, 0) is 0 Å². The van der Waals surface area contributed by atoms with E-state index in [9.17, 15) is 0 Å². The molecule has 0 amide bonds. The first-order valence-corrected chi connectivity index (χ1v) is 0.928. The molecule has 62 valence electrons. The van der Waals surface area contributed by atoms with Gasteiger partial charge in [-0.1, -0.05) is 0 Å². The van der Waals surface area contributed by atoms with Crippen LogP contribution in [0.15, 0.2) is 0 Å². The molecular formula is C2H15InO6. The monoisotopic (exact) mass is 250 g/mol. The summed E-state index contributed by atoms with van der Waals surface area (Å²) >= 11 is 0. The van der Waals surface area contributed by atoms with Gasteiger partial charge in [-0.3, -0.25) is 4.79 Å². The summed E-state index contributed by atoms with van der Waals surface area (Å²) in [7, 11) is 0. The summed E-state index contributed by atoms with van der Waals surface area (Å²) in [6.07, 6.45) is 0. The summed E-state index contributed by atoms with van der Waals surface area (Å²) in [5, 5.41) is 7.42. The van der Waals surface area contributed by atoms with E-state index in [1.165, 1.54) is 0 Å². The van der Waals surface area contributed by atoms with Crippen LogP contribution in [0.25, 0.3) is 0 Å². The van der Waals surface area contributed by atoms with Crippen molar-refractivity contribution in [1.29, 1.82) is 0 Å². The number of rotatable bonds is 0. The first-order valence-electron chi connectivity index (χ1n) is 0.928. The molecular weight excluding hydrogens is 235 g/mol. The second-order valence-corrected chi connectivity index (χ2v) is 0.519. The van der Waals surface area contributed by atoms with E-state index in [1.807, 2.05) is 0 Å². The third-order valence-corrected chi connectivity index (χ3v) is 0.